The van der Waals surface area contributed by atoms with E-state index in [0.717, 1.165) is 10.1 Å². The molecule has 0 aliphatic heterocycles. The van der Waals surface area contributed by atoms with Crippen molar-refractivity contribution >= 4 is 16.9 Å². The third-order valence-corrected chi connectivity index (χ3v) is 4.72. The highest BCUT2D eigenvalue weighted by molar-refractivity contribution is 6.05. The van der Waals surface area contributed by atoms with Crippen molar-refractivity contribution in [1.82, 2.24) is 19.4 Å². The van der Waals surface area contributed by atoms with E-state index in [0.29, 0.717) is 12.2 Å². The molecule has 0 saturated heterocycles. The number of hydrogen-bond acceptors (Lipinski definition) is 4. The molecule has 0 bridgehead atoms. The zero-order valence-electron chi connectivity index (χ0n) is 15.8. The van der Waals surface area contributed by atoms with Crippen molar-refractivity contribution in [3.63, 3.8) is 0 Å². The Hall–Kier alpha value is -3.22. The summed E-state index contributed by atoms with van der Waals surface area (Å²) < 4.78 is 2.27. The van der Waals surface area contributed by atoms with Gasteiger partial charge >= 0.3 is 5.69 Å². The molecule has 0 aliphatic rings. The molecule has 0 saturated carbocycles. The van der Waals surface area contributed by atoms with Crippen LogP contribution in [-0.4, -0.2) is 26.6 Å². The highest BCUT2D eigenvalue weighted by Gasteiger charge is 2.19. The van der Waals surface area contributed by atoms with Crippen LogP contribution >= 0.6 is 0 Å². The number of rotatable bonds is 4. The first-order valence-corrected chi connectivity index (χ1v) is 8.71. The van der Waals surface area contributed by atoms with Crippen LogP contribution in [0.5, 0.6) is 0 Å². The Labute approximate surface area is 156 Å². The lowest BCUT2D eigenvalue weighted by Gasteiger charge is -2.15. The Kier molecular flexibility index (Phi) is 4.94. The van der Waals surface area contributed by atoms with Crippen molar-refractivity contribution in [2.45, 2.75) is 19.8 Å². The van der Waals surface area contributed by atoms with Gasteiger partial charge in [0.2, 0.25) is 0 Å². The number of carbonyl (C=O) groups is 1. The molecule has 7 nitrogen and oxygen atoms in total. The zero-order valence-corrected chi connectivity index (χ0v) is 15.8. The van der Waals surface area contributed by atoms with Crippen molar-refractivity contribution in [3.8, 4) is 0 Å². The first-order chi connectivity index (χ1) is 12.8. The van der Waals surface area contributed by atoms with Gasteiger partial charge in [0.1, 0.15) is 5.65 Å². The molecule has 1 amide bonds. The van der Waals surface area contributed by atoms with Crippen LogP contribution in [0.2, 0.25) is 0 Å². The predicted molar refractivity (Wildman–Crippen MR) is 104 cm³/mol. The monoisotopic (exact) mass is 366 g/mol. The van der Waals surface area contributed by atoms with E-state index >= 15 is 0 Å². The third kappa shape index (κ3) is 3.40. The predicted octanol–water partition coefficient (Wildman–Crippen LogP) is 1.47. The van der Waals surface area contributed by atoms with Crippen molar-refractivity contribution < 1.29 is 4.79 Å². The van der Waals surface area contributed by atoms with E-state index in [1.54, 1.807) is 13.0 Å². The largest absolute Gasteiger partial charge is 0.351 e. The summed E-state index contributed by atoms with van der Waals surface area (Å²) in [5, 5.41) is 3.04. The third-order valence-electron chi connectivity index (χ3n) is 4.72. The number of nitrogens with one attached hydrogen (secondary N) is 1. The summed E-state index contributed by atoms with van der Waals surface area (Å²) in [6.07, 6.45) is 0. The van der Waals surface area contributed by atoms with E-state index in [9.17, 15) is 14.4 Å². The smallest absolute Gasteiger partial charge is 0.332 e. The minimum absolute atomic E-state index is 0.122. The maximum absolute atomic E-state index is 12.8. The van der Waals surface area contributed by atoms with Gasteiger partial charge in [-0.2, -0.15) is 0 Å². The van der Waals surface area contributed by atoms with Gasteiger partial charge in [-0.25, -0.2) is 9.78 Å². The lowest BCUT2D eigenvalue weighted by Crippen LogP contribution is -2.39. The van der Waals surface area contributed by atoms with Gasteiger partial charge < -0.3 is 5.32 Å². The summed E-state index contributed by atoms with van der Waals surface area (Å²) in [5.41, 5.74) is 1.12. The van der Waals surface area contributed by atoms with E-state index in [1.165, 1.54) is 18.7 Å². The molecule has 27 heavy (non-hydrogen) atoms. The van der Waals surface area contributed by atoms with Gasteiger partial charge in [0.05, 0.1) is 10.9 Å². The molecule has 7 heteroatoms. The molecule has 0 aliphatic carbocycles. The molecule has 2 aromatic heterocycles. The Bertz CT molecular complexity index is 1130. The fourth-order valence-corrected chi connectivity index (χ4v) is 3.10. The summed E-state index contributed by atoms with van der Waals surface area (Å²) in [4.78, 5) is 41.9. The number of aryl methyl sites for hydroxylation is 2. The van der Waals surface area contributed by atoms with Crippen molar-refractivity contribution in [1.29, 1.82) is 0 Å². The van der Waals surface area contributed by atoms with Crippen LogP contribution < -0.4 is 16.6 Å². The average molecular weight is 366 g/mol. The van der Waals surface area contributed by atoms with Crippen LogP contribution in [0.1, 0.15) is 34.5 Å². The molecule has 1 aromatic carbocycles. The van der Waals surface area contributed by atoms with Gasteiger partial charge in [-0.3, -0.25) is 18.7 Å². The van der Waals surface area contributed by atoms with Gasteiger partial charge in [0, 0.05) is 26.3 Å². The fraction of sp³-hybridized carbons (Fsp3) is 0.300. The average Bonchev–Trinajstić information content (AvgIpc) is 2.68. The van der Waals surface area contributed by atoms with Crippen LogP contribution in [0.3, 0.4) is 0 Å². The molecule has 1 N–H and O–H groups in total. The van der Waals surface area contributed by atoms with Gasteiger partial charge in [0.15, 0.2) is 0 Å². The normalized spacial score (nSPS) is 12.1. The molecule has 0 spiro atoms. The molecule has 0 unspecified atom stereocenters. The van der Waals surface area contributed by atoms with Gasteiger partial charge in [0.25, 0.3) is 11.5 Å². The first-order valence-electron chi connectivity index (χ1n) is 8.71. The SMILES string of the molecule is Cc1cc(C(=O)NC[C@@H](C)c2ccccc2)c2c(=O)n(C)c(=O)n(C)c2n1. The summed E-state index contributed by atoms with van der Waals surface area (Å²) in [6, 6.07) is 11.5. The van der Waals surface area contributed by atoms with E-state index in [4.69, 9.17) is 0 Å². The number of carbonyl (C=O) groups excluding carboxylic acids is 1. The summed E-state index contributed by atoms with van der Waals surface area (Å²) >= 11 is 0. The zero-order chi connectivity index (χ0) is 19.7. The van der Waals surface area contributed by atoms with Gasteiger partial charge in [-0.05, 0) is 24.5 Å². The molecule has 1 atom stereocenters. The molecule has 0 radical (unpaired) electrons. The first kappa shape index (κ1) is 18.6. The van der Waals surface area contributed by atoms with Crippen LogP contribution in [0.15, 0.2) is 46.0 Å². The lowest BCUT2D eigenvalue weighted by atomic mass is 10.0. The van der Waals surface area contributed by atoms with Crippen LogP contribution in [0.25, 0.3) is 11.0 Å². The second kappa shape index (κ2) is 7.19. The number of amides is 1. The minimum Gasteiger partial charge on any atom is -0.351 e. The summed E-state index contributed by atoms with van der Waals surface area (Å²) in [5.74, 6) is -0.236. The standard InChI is InChI=1S/C20H22N4O3/c1-12(14-8-6-5-7-9-14)11-21-18(25)15-10-13(2)22-17-16(15)19(26)24(4)20(27)23(17)3/h5-10,12H,11H2,1-4H3,(H,21,25)/t12-/m1/s1. The fourth-order valence-electron chi connectivity index (χ4n) is 3.10. The quantitative estimate of drug-likeness (QED) is 0.758. The van der Waals surface area contributed by atoms with Crippen molar-refractivity contribution in [2.24, 2.45) is 14.1 Å². The lowest BCUT2D eigenvalue weighted by molar-refractivity contribution is 0.0953. The van der Waals surface area contributed by atoms with Gasteiger partial charge in [-0.1, -0.05) is 37.3 Å². The molecule has 3 rings (SSSR count). The van der Waals surface area contributed by atoms with E-state index in [2.05, 4.69) is 10.3 Å². The second-order valence-corrected chi connectivity index (χ2v) is 6.74. The van der Waals surface area contributed by atoms with E-state index in [1.807, 2.05) is 37.3 Å². The Balaban J connectivity index is 2.00. The number of benzene rings is 1. The van der Waals surface area contributed by atoms with Gasteiger partial charge in [-0.15, -0.1) is 0 Å². The number of pyridine rings is 1. The summed E-state index contributed by atoms with van der Waals surface area (Å²) in [6.45, 7) is 4.18. The summed E-state index contributed by atoms with van der Waals surface area (Å²) in [7, 11) is 2.93. The van der Waals surface area contributed by atoms with Crippen LogP contribution in [-0.2, 0) is 14.1 Å². The highest BCUT2D eigenvalue weighted by Crippen LogP contribution is 2.16. The Morgan fingerprint density at radius 3 is 2.48 bits per heavy atom. The number of aromatic nitrogens is 3. The van der Waals surface area contributed by atoms with Crippen molar-refractivity contribution in [3.05, 3.63) is 74.1 Å². The number of hydrogen-bond donors (Lipinski definition) is 1. The molecular weight excluding hydrogens is 344 g/mol. The Morgan fingerprint density at radius 1 is 1.15 bits per heavy atom. The maximum atomic E-state index is 12.8. The second-order valence-electron chi connectivity index (χ2n) is 6.74. The van der Waals surface area contributed by atoms with Crippen molar-refractivity contribution in [2.75, 3.05) is 6.54 Å². The minimum atomic E-state index is -0.526. The molecule has 140 valence electrons. The topological polar surface area (TPSA) is 86.0 Å². The molecule has 0 fully saturated rings. The van der Waals surface area contributed by atoms with Crippen LogP contribution in [0, 0.1) is 6.92 Å². The Morgan fingerprint density at radius 2 is 1.81 bits per heavy atom. The van der Waals surface area contributed by atoms with Crippen LogP contribution in [0.4, 0.5) is 0 Å². The molecule has 2 heterocycles. The molecular formula is C20H22N4O3. The highest BCUT2D eigenvalue weighted by atomic mass is 16.2. The van der Waals surface area contributed by atoms with E-state index < -0.39 is 11.2 Å². The maximum Gasteiger partial charge on any atom is 0.332 e. The number of nitrogens with zero attached hydrogens (tertiary/aromatic N) is 3. The van der Waals surface area contributed by atoms with E-state index in [-0.39, 0.29) is 28.4 Å². The number of fused-ring (bicyclic) bond motifs is 1. The molecule has 3 aromatic rings.